The molecule has 0 radical (unpaired) electrons. The maximum atomic E-state index is 12.2. The third kappa shape index (κ3) is 4.58. The molecule has 1 aliphatic carbocycles. The highest BCUT2D eigenvalue weighted by Crippen LogP contribution is 2.17. The van der Waals surface area contributed by atoms with Crippen LogP contribution in [0.5, 0.6) is 0 Å². The molecule has 0 spiro atoms. The van der Waals surface area contributed by atoms with Crippen molar-refractivity contribution in [2.45, 2.75) is 64.5 Å². The lowest BCUT2D eigenvalue weighted by Gasteiger charge is -2.30. The molecule has 0 heterocycles. The Morgan fingerprint density at radius 3 is 2.44 bits per heavy atom. The van der Waals surface area contributed by atoms with Crippen LogP contribution in [0.2, 0.25) is 0 Å². The lowest BCUT2D eigenvalue weighted by Crippen LogP contribution is -2.47. The zero-order valence-corrected chi connectivity index (χ0v) is 11.8. The number of rotatable bonds is 8. The minimum atomic E-state index is 0.0473. The van der Waals surface area contributed by atoms with Gasteiger partial charge in [0.1, 0.15) is 0 Å². The van der Waals surface area contributed by atoms with Crippen molar-refractivity contribution in [2.75, 3.05) is 19.7 Å². The van der Waals surface area contributed by atoms with Gasteiger partial charge in [-0.25, -0.2) is 0 Å². The molecule has 0 atom stereocenters. The quantitative estimate of drug-likeness (QED) is 0.692. The van der Waals surface area contributed by atoms with Crippen molar-refractivity contribution in [1.82, 2.24) is 10.2 Å². The maximum Gasteiger partial charge on any atom is 0.236 e. The van der Waals surface area contributed by atoms with Gasteiger partial charge in [0, 0.05) is 18.6 Å². The fraction of sp³-hybridized carbons (Fsp3) is 0.929. The summed E-state index contributed by atoms with van der Waals surface area (Å²) in [6, 6.07) is 0.779. The molecule has 0 unspecified atom stereocenters. The minimum absolute atomic E-state index is 0.0473. The van der Waals surface area contributed by atoms with Crippen molar-refractivity contribution in [1.29, 1.82) is 0 Å². The number of hydrogen-bond donors (Lipinski definition) is 2. The molecular weight excluding hydrogens is 228 g/mol. The molecule has 0 saturated heterocycles. The molecular formula is C14H28N2O2. The maximum absolute atomic E-state index is 12.2. The van der Waals surface area contributed by atoms with Crippen LogP contribution in [0, 0.1) is 0 Å². The summed E-state index contributed by atoms with van der Waals surface area (Å²) in [5, 5.41) is 12.4. The number of amides is 1. The van der Waals surface area contributed by atoms with Crippen LogP contribution in [0.1, 0.15) is 52.4 Å². The van der Waals surface area contributed by atoms with Gasteiger partial charge < -0.3 is 15.3 Å². The standard InChI is InChI=1S/C14H28N2O2/c1-3-13(4-2)16(9-10-17)14(18)11-15-12-7-5-6-8-12/h12-13,15,17H,3-11H2,1-2H3. The first-order valence-corrected chi connectivity index (χ1v) is 7.36. The Labute approximate surface area is 111 Å². The lowest BCUT2D eigenvalue weighted by molar-refractivity contribution is -0.133. The van der Waals surface area contributed by atoms with Crippen LogP contribution in [-0.4, -0.2) is 47.7 Å². The molecule has 1 aliphatic rings. The summed E-state index contributed by atoms with van der Waals surface area (Å²) in [4.78, 5) is 14.0. The molecule has 0 bridgehead atoms. The molecule has 4 nitrogen and oxygen atoms in total. The topological polar surface area (TPSA) is 52.6 Å². The largest absolute Gasteiger partial charge is 0.395 e. The zero-order valence-electron chi connectivity index (χ0n) is 11.8. The average molecular weight is 256 g/mol. The lowest BCUT2D eigenvalue weighted by atomic mass is 10.1. The predicted molar refractivity (Wildman–Crippen MR) is 73.4 cm³/mol. The monoisotopic (exact) mass is 256 g/mol. The van der Waals surface area contributed by atoms with E-state index in [0.29, 0.717) is 19.1 Å². The Morgan fingerprint density at radius 1 is 1.33 bits per heavy atom. The first-order valence-electron chi connectivity index (χ1n) is 7.36. The summed E-state index contributed by atoms with van der Waals surface area (Å²) in [7, 11) is 0. The summed E-state index contributed by atoms with van der Waals surface area (Å²) < 4.78 is 0. The van der Waals surface area contributed by atoms with Crippen molar-refractivity contribution in [3.05, 3.63) is 0 Å². The van der Waals surface area contributed by atoms with Crippen LogP contribution in [0.25, 0.3) is 0 Å². The van der Waals surface area contributed by atoms with E-state index in [2.05, 4.69) is 19.2 Å². The number of nitrogens with zero attached hydrogens (tertiary/aromatic N) is 1. The van der Waals surface area contributed by atoms with Gasteiger partial charge in [0.05, 0.1) is 13.2 Å². The minimum Gasteiger partial charge on any atom is -0.395 e. The number of carbonyl (C=O) groups is 1. The van der Waals surface area contributed by atoms with Crippen molar-refractivity contribution >= 4 is 5.91 Å². The second-order valence-corrected chi connectivity index (χ2v) is 5.14. The Bertz CT molecular complexity index is 236. The van der Waals surface area contributed by atoms with Gasteiger partial charge in [-0.05, 0) is 25.7 Å². The molecule has 0 aromatic carbocycles. The second kappa shape index (κ2) is 8.48. The van der Waals surface area contributed by atoms with E-state index in [4.69, 9.17) is 5.11 Å². The van der Waals surface area contributed by atoms with Gasteiger partial charge in [-0.1, -0.05) is 26.7 Å². The van der Waals surface area contributed by atoms with Crippen molar-refractivity contribution < 1.29 is 9.90 Å². The Balaban J connectivity index is 2.42. The van der Waals surface area contributed by atoms with Gasteiger partial charge in [-0.2, -0.15) is 0 Å². The molecule has 1 rings (SSSR count). The first kappa shape index (κ1) is 15.4. The molecule has 1 amide bonds. The molecule has 106 valence electrons. The number of carbonyl (C=O) groups excluding carboxylic acids is 1. The van der Waals surface area contributed by atoms with Crippen molar-refractivity contribution in [2.24, 2.45) is 0 Å². The molecule has 1 saturated carbocycles. The van der Waals surface area contributed by atoms with Crippen LogP contribution in [0.4, 0.5) is 0 Å². The van der Waals surface area contributed by atoms with E-state index in [9.17, 15) is 4.79 Å². The third-order valence-corrected chi connectivity index (χ3v) is 3.94. The van der Waals surface area contributed by atoms with E-state index in [0.717, 1.165) is 12.8 Å². The number of nitrogens with one attached hydrogen (secondary N) is 1. The van der Waals surface area contributed by atoms with Gasteiger partial charge in [0.25, 0.3) is 0 Å². The zero-order chi connectivity index (χ0) is 13.4. The Kier molecular flexibility index (Phi) is 7.28. The normalized spacial score (nSPS) is 16.4. The fourth-order valence-corrected chi connectivity index (χ4v) is 2.81. The molecule has 0 aliphatic heterocycles. The summed E-state index contributed by atoms with van der Waals surface area (Å²) in [6.07, 6.45) is 6.84. The van der Waals surface area contributed by atoms with E-state index in [1.807, 2.05) is 4.90 Å². The number of hydrogen-bond acceptors (Lipinski definition) is 3. The highest BCUT2D eigenvalue weighted by molar-refractivity contribution is 5.78. The highest BCUT2D eigenvalue weighted by Gasteiger charge is 2.22. The Morgan fingerprint density at radius 2 is 1.94 bits per heavy atom. The molecule has 2 N–H and O–H groups in total. The van der Waals surface area contributed by atoms with Crippen LogP contribution >= 0.6 is 0 Å². The number of aliphatic hydroxyl groups excluding tert-OH is 1. The van der Waals surface area contributed by atoms with Crippen LogP contribution in [-0.2, 0) is 4.79 Å². The van der Waals surface area contributed by atoms with Gasteiger partial charge >= 0.3 is 0 Å². The smallest absolute Gasteiger partial charge is 0.236 e. The van der Waals surface area contributed by atoms with Crippen LogP contribution < -0.4 is 5.32 Å². The van der Waals surface area contributed by atoms with Gasteiger partial charge in [0.15, 0.2) is 0 Å². The SMILES string of the molecule is CCC(CC)N(CCO)C(=O)CNC1CCCC1. The van der Waals surface area contributed by atoms with Gasteiger partial charge in [-0.3, -0.25) is 4.79 Å². The summed E-state index contributed by atoms with van der Waals surface area (Å²) in [5.41, 5.74) is 0. The van der Waals surface area contributed by atoms with Crippen molar-refractivity contribution in [3.8, 4) is 0 Å². The van der Waals surface area contributed by atoms with Gasteiger partial charge in [0.2, 0.25) is 5.91 Å². The highest BCUT2D eigenvalue weighted by atomic mass is 16.3. The summed E-state index contributed by atoms with van der Waals surface area (Å²) in [5.74, 6) is 0.129. The fourth-order valence-electron chi connectivity index (χ4n) is 2.81. The van der Waals surface area contributed by atoms with Gasteiger partial charge in [-0.15, -0.1) is 0 Å². The molecule has 0 aromatic heterocycles. The second-order valence-electron chi connectivity index (χ2n) is 5.14. The van der Waals surface area contributed by atoms with E-state index in [1.165, 1.54) is 25.7 Å². The van der Waals surface area contributed by atoms with E-state index >= 15 is 0 Å². The Hall–Kier alpha value is -0.610. The van der Waals surface area contributed by atoms with Crippen LogP contribution in [0.15, 0.2) is 0 Å². The van der Waals surface area contributed by atoms with E-state index < -0.39 is 0 Å². The third-order valence-electron chi connectivity index (χ3n) is 3.94. The van der Waals surface area contributed by atoms with E-state index in [-0.39, 0.29) is 18.6 Å². The summed E-state index contributed by atoms with van der Waals surface area (Å²) in [6.45, 7) is 5.11. The van der Waals surface area contributed by atoms with Crippen molar-refractivity contribution in [3.63, 3.8) is 0 Å². The molecule has 0 aromatic rings. The number of aliphatic hydroxyl groups is 1. The average Bonchev–Trinajstić information content (AvgIpc) is 2.89. The van der Waals surface area contributed by atoms with Crippen LogP contribution in [0.3, 0.4) is 0 Å². The summed E-state index contributed by atoms with van der Waals surface area (Å²) >= 11 is 0. The first-order chi connectivity index (χ1) is 8.72. The predicted octanol–water partition coefficient (Wildman–Crippen LogP) is 1.53. The molecule has 4 heteroatoms. The van der Waals surface area contributed by atoms with E-state index in [1.54, 1.807) is 0 Å². The molecule has 1 fully saturated rings. The molecule has 18 heavy (non-hydrogen) atoms.